The van der Waals surface area contributed by atoms with Gasteiger partial charge in [0.2, 0.25) is 0 Å². The summed E-state index contributed by atoms with van der Waals surface area (Å²) in [5.41, 5.74) is 1.92. The molecule has 0 atom stereocenters. The van der Waals surface area contributed by atoms with Crippen LogP contribution in [0, 0.1) is 11.3 Å². The van der Waals surface area contributed by atoms with Crippen LogP contribution in [-0.4, -0.2) is 33.9 Å². The quantitative estimate of drug-likeness (QED) is 0.736. The highest BCUT2D eigenvalue weighted by molar-refractivity contribution is 7.17. The largest absolute Gasteiger partial charge is 0.346 e. The summed E-state index contributed by atoms with van der Waals surface area (Å²) >= 11 is 1.48. The molecule has 6 heteroatoms. The first-order valence-electron chi connectivity index (χ1n) is 7.93. The zero-order chi connectivity index (χ0) is 16.9. The molecule has 0 spiro atoms. The molecule has 0 radical (unpaired) electrons. The van der Waals surface area contributed by atoms with Crippen molar-refractivity contribution in [1.29, 1.82) is 5.26 Å². The summed E-state index contributed by atoms with van der Waals surface area (Å²) in [5, 5.41) is 9.82. The van der Waals surface area contributed by atoms with Gasteiger partial charge in [0.15, 0.2) is 0 Å². The second-order valence-corrected chi connectivity index (χ2v) is 6.55. The molecule has 122 valence electrons. The molecule has 0 aromatic carbocycles. The Labute approximate surface area is 144 Å². The Morgan fingerprint density at radius 2 is 2.21 bits per heavy atom. The third-order valence-electron chi connectivity index (χ3n) is 3.82. The van der Waals surface area contributed by atoms with Gasteiger partial charge in [-0.1, -0.05) is 6.92 Å². The maximum atomic E-state index is 12.7. The molecule has 3 aromatic heterocycles. The van der Waals surface area contributed by atoms with Crippen LogP contribution in [-0.2, 0) is 0 Å². The van der Waals surface area contributed by atoms with Crippen LogP contribution in [0.5, 0.6) is 0 Å². The van der Waals surface area contributed by atoms with Crippen molar-refractivity contribution in [2.75, 3.05) is 13.1 Å². The molecule has 0 aliphatic carbocycles. The molecule has 0 aliphatic heterocycles. The van der Waals surface area contributed by atoms with E-state index in [4.69, 9.17) is 5.26 Å². The van der Waals surface area contributed by atoms with Crippen LogP contribution in [0.1, 0.15) is 29.4 Å². The van der Waals surface area contributed by atoms with Gasteiger partial charge in [-0.3, -0.25) is 4.79 Å². The highest BCUT2D eigenvalue weighted by Crippen LogP contribution is 2.33. The first-order valence-corrected chi connectivity index (χ1v) is 8.74. The van der Waals surface area contributed by atoms with Gasteiger partial charge in [0.05, 0.1) is 17.4 Å². The summed E-state index contributed by atoms with van der Waals surface area (Å²) < 4.78 is 0. The standard InChI is InChI=1S/C18H18N4OS/c1-2-11-22(12-3-8-19)18(23)16-5-4-15(24-16)13-6-9-20-17-14(13)7-10-21-17/h4-7,9-10H,2-3,11-12H2,1H3,(H,20,21). The number of carbonyl (C=O) groups excluding carboxylic acids is 1. The van der Waals surface area contributed by atoms with E-state index >= 15 is 0 Å². The average molecular weight is 338 g/mol. The predicted molar refractivity (Wildman–Crippen MR) is 95.8 cm³/mol. The van der Waals surface area contributed by atoms with Crippen LogP contribution < -0.4 is 0 Å². The minimum Gasteiger partial charge on any atom is -0.346 e. The molecule has 3 rings (SSSR count). The summed E-state index contributed by atoms with van der Waals surface area (Å²) in [6.45, 7) is 3.19. The zero-order valence-electron chi connectivity index (χ0n) is 13.5. The minimum absolute atomic E-state index is 0.00252. The van der Waals surface area contributed by atoms with Crippen LogP contribution in [0.15, 0.2) is 36.7 Å². The smallest absolute Gasteiger partial charge is 0.263 e. The van der Waals surface area contributed by atoms with Gasteiger partial charge in [-0.05, 0) is 30.7 Å². The molecule has 1 N–H and O–H groups in total. The highest BCUT2D eigenvalue weighted by atomic mass is 32.1. The first-order chi connectivity index (χ1) is 11.7. The number of nitrogens with one attached hydrogen (secondary N) is 1. The van der Waals surface area contributed by atoms with Crippen molar-refractivity contribution in [2.24, 2.45) is 0 Å². The Balaban J connectivity index is 1.88. The number of aromatic amines is 1. The number of aromatic nitrogens is 2. The molecule has 0 saturated heterocycles. The molecule has 3 heterocycles. The van der Waals surface area contributed by atoms with Crippen LogP contribution in [0.3, 0.4) is 0 Å². The van der Waals surface area contributed by atoms with E-state index in [0.717, 1.165) is 27.9 Å². The van der Waals surface area contributed by atoms with Gasteiger partial charge in [-0.15, -0.1) is 11.3 Å². The molecule has 0 fully saturated rings. The Morgan fingerprint density at radius 3 is 3.00 bits per heavy atom. The number of hydrogen-bond donors (Lipinski definition) is 1. The number of pyridine rings is 1. The van der Waals surface area contributed by atoms with E-state index in [9.17, 15) is 4.79 Å². The van der Waals surface area contributed by atoms with Gasteiger partial charge in [0.1, 0.15) is 5.65 Å². The Bertz CT molecular complexity index is 890. The Kier molecular flexibility index (Phi) is 4.92. The van der Waals surface area contributed by atoms with Gasteiger partial charge >= 0.3 is 0 Å². The predicted octanol–water partition coefficient (Wildman–Crippen LogP) is 4.06. The lowest BCUT2D eigenvalue weighted by molar-refractivity contribution is 0.0764. The number of amides is 1. The van der Waals surface area contributed by atoms with Crippen molar-refractivity contribution < 1.29 is 4.79 Å². The number of nitrogens with zero attached hydrogens (tertiary/aromatic N) is 3. The third-order valence-corrected chi connectivity index (χ3v) is 4.92. The number of nitriles is 1. The van der Waals surface area contributed by atoms with Gasteiger partial charge < -0.3 is 9.88 Å². The number of H-pyrrole nitrogens is 1. The maximum absolute atomic E-state index is 12.7. The lowest BCUT2D eigenvalue weighted by atomic mass is 10.1. The summed E-state index contributed by atoms with van der Waals surface area (Å²) in [6.07, 6.45) is 4.87. The van der Waals surface area contributed by atoms with Gasteiger partial charge in [0.25, 0.3) is 5.91 Å². The van der Waals surface area contributed by atoms with Crippen LogP contribution in [0.2, 0.25) is 0 Å². The van der Waals surface area contributed by atoms with E-state index in [1.54, 1.807) is 11.1 Å². The maximum Gasteiger partial charge on any atom is 0.263 e. The number of carbonyl (C=O) groups is 1. The molecular weight excluding hydrogens is 320 g/mol. The Morgan fingerprint density at radius 1 is 1.33 bits per heavy atom. The second-order valence-electron chi connectivity index (χ2n) is 5.46. The molecular formula is C18H18N4OS. The third kappa shape index (κ3) is 3.17. The van der Waals surface area contributed by atoms with Gasteiger partial charge in [0, 0.05) is 41.3 Å². The van der Waals surface area contributed by atoms with E-state index in [2.05, 4.69) is 16.0 Å². The van der Waals surface area contributed by atoms with Crippen LogP contribution >= 0.6 is 11.3 Å². The first kappa shape index (κ1) is 16.2. The van der Waals surface area contributed by atoms with E-state index in [-0.39, 0.29) is 5.91 Å². The fourth-order valence-electron chi connectivity index (χ4n) is 2.70. The minimum atomic E-state index is 0.00252. The number of thiophene rings is 1. The van der Waals surface area contributed by atoms with Crippen molar-refractivity contribution in [3.8, 4) is 16.5 Å². The summed E-state index contributed by atoms with van der Waals surface area (Å²) in [5.74, 6) is 0.00252. The summed E-state index contributed by atoms with van der Waals surface area (Å²) in [4.78, 5) is 23.6. The Hall–Kier alpha value is -2.65. The molecule has 0 saturated carbocycles. The van der Waals surface area contributed by atoms with Crippen LogP contribution in [0.4, 0.5) is 0 Å². The normalized spacial score (nSPS) is 10.7. The van der Waals surface area contributed by atoms with Crippen molar-refractivity contribution in [3.05, 3.63) is 41.5 Å². The van der Waals surface area contributed by atoms with Crippen molar-refractivity contribution in [1.82, 2.24) is 14.9 Å². The number of hydrogen-bond acceptors (Lipinski definition) is 4. The average Bonchev–Trinajstić information content (AvgIpc) is 3.26. The molecule has 5 nitrogen and oxygen atoms in total. The molecule has 1 amide bonds. The SMILES string of the molecule is CCCN(CCC#N)C(=O)c1ccc(-c2ccnc3[nH]ccc23)s1. The molecule has 0 bridgehead atoms. The summed E-state index contributed by atoms with van der Waals surface area (Å²) in [6, 6.07) is 9.93. The monoisotopic (exact) mass is 338 g/mol. The zero-order valence-corrected chi connectivity index (χ0v) is 14.3. The number of rotatable bonds is 6. The second kappa shape index (κ2) is 7.28. The fourth-order valence-corrected chi connectivity index (χ4v) is 3.71. The fraction of sp³-hybridized carbons (Fsp3) is 0.278. The lowest BCUT2D eigenvalue weighted by Gasteiger charge is -2.19. The summed E-state index contributed by atoms with van der Waals surface area (Å²) in [7, 11) is 0. The topological polar surface area (TPSA) is 72.8 Å². The lowest BCUT2D eigenvalue weighted by Crippen LogP contribution is -2.32. The van der Waals surface area contributed by atoms with Crippen LogP contribution in [0.25, 0.3) is 21.5 Å². The van der Waals surface area contributed by atoms with Crippen molar-refractivity contribution in [2.45, 2.75) is 19.8 Å². The molecule has 0 aliphatic rings. The molecule has 3 aromatic rings. The van der Waals surface area contributed by atoms with Crippen molar-refractivity contribution in [3.63, 3.8) is 0 Å². The highest BCUT2D eigenvalue weighted by Gasteiger charge is 2.18. The van der Waals surface area contributed by atoms with E-state index < -0.39 is 0 Å². The molecule has 24 heavy (non-hydrogen) atoms. The van der Waals surface area contributed by atoms with E-state index in [1.807, 2.05) is 37.4 Å². The number of fused-ring (bicyclic) bond motifs is 1. The van der Waals surface area contributed by atoms with E-state index in [0.29, 0.717) is 24.4 Å². The van der Waals surface area contributed by atoms with Crippen molar-refractivity contribution >= 4 is 28.3 Å². The van der Waals surface area contributed by atoms with E-state index in [1.165, 1.54) is 11.3 Å². The van der Waals surface area contributed by atoms with Gasteiger partial charge in [-0.2, -0.15) is 5.26 Å². The van der Waals surface area contributed by atoms with Gasteiger partial charge in [-0.25, -0.2) is 4.98 Å². The molecule has 0 unspecified atom stereocenters.